The third-order valence-corrected chi connectivity index (χ3v) is 12.8. The number of halogens is 3. The lowest BCUT2D eigenvalue weighted by atomic mass is 9.80. The van der Waals surface area contributed by atoms with Gasteiger partial charge in [0.2, 0.25) is 8.32 Å². The van der Waals surface area contributed by atoms with Crippen LogP contribution in [0.1, 0.15) is 45.7 Å². The van der Waals surface area contributed by atoms with Gasteiger partial charge in [0.1, 0.15) is 28.3 Å². The van der Waals surface area contributed by atoms with Crippen LogP contribution in [-0.4, -0.2) is 82.4 Å². The van der Waals surface area contributed by atoms with E-state index in [1.54, 1.807) is 98.8 Å². The Kier molecular flexibility index (Phi) is 28.2. The van der Waals surface area contributed by atoms with E-state index in [0.29, 0.717) is 35.3 Å². The van der Waals surface area contributed by atoms with Crippen molar-refractivity contribution in [1.82, 2.24) is 0 Å². The Morgan fingerprint density at radius 3 is 1.37 bits per heavy atom. The largest absolute Gasteiger partial charge is 0.544 e. The van der Waals surface area contributed by atoms with Crippen LogP contribution in [0.5, 0.6) is 23.0 Å². The second-order valence-electron chi connectivity index (χ2n) is 13.1. The third-order valence-electron chi connectivity index (χ3n) is 7.48. The summed E-state index contributed by atoms with van der Waals surface area (Å²) in [4.78, 5) is 31.3. The highest BCUT2D eigenvalue weighted by atomic mass is 79.9. The second-order valence-corrected chi connectivity index (χ2v) is 19.3. The van der Waals surface area contributed by atoms with Gasteiger partial charge in [0.15, 0.2) is 0 Å². The Hall–Kier alpha value is -4.06. The first-order valence-corrected chi connectivity index (χ1v) is 22.2. The maximum Gasteiger partial charge on any atom is 0.488 e. The molecule has 0 saturated heterocycles. The van der Waals surface area contributed by atoms with Crippen LogP contribution in [0.3, 0.4) is 0 Å². The molecular formula is C40H54BBr2ClO12Si. The molecule has 0 aliphatic heterocycles. The van der Waals surface area contributed by atoms with E-state index in [0.717, 1.165) is 15.8 Å². The molecule has 4 aromatic rings. The standard InChI is InChI=1S/C12H21BO3Si.C10H12O3.C8H8O3.C6H5BrO.C4H7BrO2.ClH/c1-12(2,3)17(4,5)16-11-8-6-10(7-9-11)13(14)15;1-2-13-10(12)7-8-3-5-9(11)6-4-8;9-7-3-1-6(2-4-7)5-8(10)11;7-5-1-3-6(8)4-2-5;1-2-7-4(6)3-5;/h6-9,14-15H,1-5H3;3-6,11H,2,7H2,1H3;1-4,9H,5H2,(H,10,11);1-4,8H;2-3H2,1H3;1H. The molecule has 0 radical (unpaired) electrons. The summed E-state index contributed by atoms with van der Waals surface area (Å²) in [7, 11) is -3.23. The fourth-order valence-electron chi connectivity index (χ4n) is 3.58. The molecular weight excluding hydrogens is 907 g/mol. The molecule has 0 spiro atoms. The van der Waals surface area contributed by atoms with Gasteiger partial charge in [-0.25, -0.2) is 0 Å². The molecule has 4 rings (SSSR count). The molecule has 0 bridgehead atoms. The highest BCUT2D eigenvalue weighted by Gasteiger charge is 2.39. The Morgan fingerprint density at radius 2 is 1.05 bits per heavy atom. The zero-order valence-corrected chi connectivity index (χ0v) is 38.1. The summed E-state index contributed by atoms with van der Waals surface area (Å²) in [6.07, 6.45) is 0.258. The predicted molar refractivity (Wildman–Crippen MR) is 235 cm³/mol. The zero-order valence-electron chi connectivity index (χ0n) is 33.1. The van der Waals surface area contributed by atoms with Crippen LogP contribution in [0.15, 0.2) is 102 Å². The molecule has 57 heavy (non-hydrogen) atoms. The van der Waals surface area contributed by atoms with Crippen molar-refractivity contribution in [2.24, 2.45) is 0 Å². The number of carbonyl (C=O) groups is 3. The van der Waals surface area contributed by atoms with Crippen molar-refractivity contribution >= 4 is 83.1 Å². The minimum Gasteiger partial charge on any atom is -0.544 e. The van der Waals surface area contributed by atoms with E-state index in [1.165, 1.54) is 12.1 Å². The zero-order chi connectivity index (χ0) is 42.9. The Bertz CT molecular complexity index is 1680. The van der Waals surface area contributed by atoms with Crippen LogP contribution in [0.4, 0.5) is 0 Å². The average Bonchev–Trinajstić information content (AvgIpc) is 3.12. The number of rotatable bonds is 10. The van der Waals surface area contributed by atoms with Crippen LogP contribution >= 0.6 is 44.3 Å². The van der Waals surface area contributed by atoms with Crippen LogP contribution in [0.25, 0.3) is 0 Å². The molecule has 6 N–H and O–H groups in total. The van der Waals surface area contributed by atoms with Crippen LogP contribution in [-0.2, 0) is 36.7 Å². The first-order chi connectivity index (χ1) is 26.1. The van der Waals surface area contributed by atoms with Gasteiger partial charge in [0, 0.05) is 4.47 Å². The number of phenols is 3. The summed E-state index contributed by atoms with van der Waals surface area (Å²) in [5.41, 5.74) is 2.01. The molecule has 0 aliphatic carbocycles. The number of alkyl halides is 1. The molecule has 17 heteroatoms. The number of carbonyl (C=O) groups excluding carboxylic acids is 2. The van der Waals surface area contributed by atoms with Crippen molar-refractivity contribution in [2.75, 3.05) is 18.5 Å². The van der Waals surface area contributed by atoms with Gasteiger partial charge in [-0.2, -0.15) is 0 Å². The Labute approximate surface area is 359 Å². The molecule has 0 saturated carbocycles. The quantitative estimate of drug-likeness (QED) is 0.0513. The molecule has 0 unspecified atom stereocenters. The predicted octanol–water partition coefficient (Wildman–Crippen LogP) is 7.79. The number of ether oxygens (including phenoxy) is 2. The van der Waals surface area contributed by atoms with Gasteiger partial charge in [-0.3, -0.25) is 14.4 Å². The molecule has 4 aromatic carbocycles. The Morgan fingerprint density at radius 1 is 0.667 bits per heavy atom. The number of carboxylic acid groups (broad SMARTS) is 1. The van der Waals surface area contributed by atoms with Crippen molar-refractivity contribution in [1.29, 1.82) is 0 Å². The van der Waals surface area contributed by atoms with E-state index in [1.807, 2.05) is 0 Å². The summed E-state index contributed by atoms with van der Waals surface area (Å²) in [6, 6.07) is 26.4. The van der Waals surface area contributed by atoms with Gasteiger partial charge in [0.05, 0.1) is 26.1 Å². The summed E-state index contributed by atoms with van der Waals surface area (Å²) in [5, 5.41) is 53.4. The van der Waals surface area contributed by atoms with Crippen molar-refractivity contribution in [2.45, 2.75) is 65.6 Å². The average molecular weight is 961 g/mol. The molecule has 0 aliphatic rings. The fourth-order valence-corrected chi connectivity index (χ4v) is 5.04. The second kappa shape index (κ2) is 29.2. The number of hydrogen-bond acceptors (Lipinski definition) is 11. The van der Waals surface area contributed by atoms with Crippen molar-refractivity contribution < 1.29 is 58.8 Å². The van der Waals surface area contributed by atoms with Gasteiger partial charge in [-0.05, 0) is 109 Å². The number of esters is 2. The van der Waals surface area contributed by atoms with Gasteiger partial charge >= 0.3 is 25.0 Å². The van der Waals surface area contributed by atoms with Gasteiger partial charge in [-0.1, -0.05) is 89.0 Å². The van der Waals surface area contributed by atoms with Crippen molar-refractivity contribution in [3.05, 3.63) is 113 Å². The lowest BCUT2D eigenvalue weighted by Gasteiger charge is -2.36. The normalized spacial score (nSPS) is 10.0. The number of phenolic OH excluding ortho intramolecular Hbond substituents is 3. The summed E-state index contributed by atoms with van der Waals surface area (Å²) < 4.78 is 16.3. The van der Waals surface area contributed by atoms with Crippen LogP contribution in [0, 0.1) is 0 Å². The highest BCUT2D eigenvalue weighted by molar-refractivity contribution is 9.10. The maximum atomic E-state index is 11.0. The lowest BCUT2D eigenvalue weighted by molar-refractivity contribution is -0.142. The topological polar surface area (TPSA) is 200 Å². The Balaban J connectivity index is 0. The highest BCUT2D eigenvalue weighted by Crippen LogP contribution is 2.37. The summed E-state index contributed by atoms with van der Waals surface area (Å²) in [5.74, 6) is 0.132. The number of carboxylic acids is 1. The lowest BCUT2D eigenvalue weighted by Crippen LogP contribution is -2.44. The first-order valence-electron chi connectivity index (χ1n) is 17.4. The van der Waals surface area contributed by atoms with E-state index in [-0.39, 0.29) is 53.7 Å². The maximum absolute atomic E-state index is 11.0. The van der Waals surface area contributed by atoms with E-state index in [4.69, 9.17) is 39.6 Å². The van der Waals surface area contributed by atoms with Crippen LogP contribution in [0.2, 0.25) is 18.1 Å². The minimum atomic E-state index is -1.82. The molecule has 0 fully saturated rings. The minimum absolute atomic E-state index is 0. The molecule has 12 nitrogen and oxygen atoms in total. The summed E-state index contributed by atoms with van der Waals surface area (Å²) >= 11 is 6.18. The molecule has 0 atom stereocenters. The summed E-state index contributed by atoms with van der Waals surface area (Å²) in [6.45, 7) is 15.3. The number of aliphatic carboxylic acids is 1. The number of aromatic hydroxyl groups is 3. The van der Waals surface area contributed by atoms with E-state index in [2.05, 4.69) is 70.5 Å². The SMILES string of the molecule is CC(C)(C)[Si](C)(C)Oc1ccc(B(O)O)cc1.CCOC(=O)CBr.CCOC(=O)Cc1ccc(O)cc1.Cl.O=C(O)Cc1ccc(O)cc1.Oc1ccc(Br)cc1. The molecule has 314 valence electrons. The van der Waals surface area contributed by atoms with Gasteiger partial charge in [-0.15, -0.1) is 12.4 Å². The molecule has 0 aromatic heterocycles. The third kappa shape index (κ3) is 26.5. The fraction of sp³-hybridized carbons (Fsp3) is 0.325. The van der Waals surface area contributed by atoms with Crippen molar-refractivity contribution in [3.63, 3.8) is 0 Å². The van der Waals surface area contributed by atoms with Gasteiger partial charge < -0.3 is 44.4 Å². The van der Waals surface area contributed by atoms with E-state index in [9.17, 15) is 14.4 Å². The monoisotopic (exact) mass is 958 g/mol. The molecule has 0 heterocycles. The van der Waals surface area contributed by atoms with Crippen LogP contribution < -0.4 is 9.89 Å². The first kappa shape index (κ1) is 55.0. The number of benzene rings is 4. The number of hydrogen-bond donors (Lipinski definition) is 6. The van der Waals surface area contributed by atoms with Crippen molar-refractivity contribution in [3.8, 4) is 23.0 Å². The molecule has 0 amide bonds. The van der Waals surface area contributed by atoms with E-state index < -0.39 is 21.4 Å². The smallest absolute Gasteiger partial charge is 0.488 e. The van der Waals surface area contributed by atoms with E-state index >= 15 is 0 Å². The van der Waals surface area contributed by atoms with Gasteiger partial charge in [0.25, 0.3) is 0 Å².